The zero-order chi connectivity index (χ0) is 18.4. The van der Waals surface area contributed by atoms with E-state index in [4.69, 9.17) is 22.1 Å². The van der Waals surface area contributed by atoms with Crippen molar-refractivity contribution < 1.29 is 9.53 Å². The van der Waals surface area contributed by atoms with Crippen molar-refractivity contribution >= 4 is 53.7 Å². The van der Waals surface area contributed by atoms with Gasteiger partial charge < -0.3 is 15.8 Å². The maximum absolute atomic E-state index is 12.5. The second kappa shape index (κ2) is 12.6. The van der Waals surface area contributed by atoms with Gasteiger partial charge in [0.15, 0.2) is 0 Å². The smallest absolute Gasteiger partial charge is 0.270 e. The van der Waals surface area contributed by atoms with Crippen LogP contribution < -0.4 is 11.1 Å². The van der Waals surface area contributed by atoms with E-state index >= 15 is 0 Å². The SMILES string of the molecule is Cl.Cl.NCCc1nc(C(=O)NCC(c2ccccc2Cl)N2CCOCC2)cs1. The minimum atomic E-state index is -0.171. The molecule has 1 aromatic carbocycles. The predicted molar refractivity (Wildman–Crippen MR) is 118 cm³/mol. The number of nitrogens with one attached hydrogen (secondary N) is 1. The molecule has 3 rings (SSSR count). The highest BCUT2D eigenvalue weighted by atomic mass is 35.5. The first kappa shape index (κ1) is 25.1. The van der Waals surface area contributed by atoms with Crippen LogP contribution in [0.5, 0.6) is 0 Å². The summed E-state index contributed by atoms with van der Waals surface area (Å²) in [6.45, 7) is 3.98. The number of morpholine rings is 1. The van der Waals surface area contributed by atoms with Crippen molar-refractivity contribution in [3.8, 4) is 0 Å². The minimum Gasteiger partial charge on any atom is -0.379 e. The Morgan fingerprint density at radius 3 is 2.71 bits per heavy atom. The third-order valence-electron chi connectivity index (χ3n) is 4.35. The van der Waals surface area contributed by atoms with Crippen LogP contribution in [0, 0.1) is 0 Å². The molecule has 1 aromatic heterocycles. The Labute approximate surface area is 186 Å². The number of amides is 1. The first-order chi connectivity index (χ1) is 12.7. The van der Waals surface area contributed by atoms with Crippen LogP contribution in [0.3, 0.4) is 0 Å². The molecule has 10 heteroatoms. The highest BCUT2D eigenvalue weighted by Crippen LogP contribution is 2.27. The van der Waals surface area contributed by atoms with Gasteiger partial charge in [0.05, 0.1) is 24.3 Å². The Hall–Kier alpha value is -0.930. The van der Waals surface area contributed by atoms with Crippen LogP contribution in [-0.2, 0) is 11.2 Å². The van der Waals surface area contributed by atoms with Crippen molar-refractivity contribution in [2.75, 3.05) is 39.4 Å². The zero-order valence-corrected chi connectivity index (χ0v) is 18.5. The van der Waals surface area contributed by atoms with Gasteiger partial charge in [-0.3, -0.25) is 9.69 Å². The first-order valence-electron chi connectivity index (χ1n) is 8.68. The number of thiazole rings is 1. The van der Waals surface area contributed by atoms with Gasteiger partial charge in [0.25, 0.3) is 5.91 Å². The summed E-state index contributed by atoms with van der Waals surface area (Å²) in [5, 5.41) is 6.38. The average molecular weight is 468 g/mol. The molecule has 2 heterocycles. The Morgan fingerprint density at radius 1 is 1.32 bits per heavy atom. The number of carbonyl (C=O) groups excluding carboxylic acids is 1. The van der Waals surface area contributed by atoms with Crippen LogP contribution in [0.25, 0.3) is 0 Å². The second-order valence-electron chi connectivity index (χ2n) is 6.06. The van der Waals surface area contributed by atoms with Crippen LogP contribution >= 0.6 is 47.8 Å². The van der Waals surface area contributed by atoms with Gasteiger partial charge in [-0.1, -0.05) is 29.8 Å². The summed E-state index contributed by atoms with van der Waals surface area (Å²) >= 11 is 7.88. The minimum absolute atomic E-state index is 0. The van der Waals surface area contributed by atoms with Crippen LogP contribution in [0.15, 0.2) is 29.6 Å². The molecule has 0 spiro atoms. The van der Waals surface area contributed by atoms with Gasteiger partial charge in [-0.05, 0) is 18.2 Å². The molecule has 0 bridgehead atoms. The summed E-state index contributed by atoms with van der Waals surface area (Å²) in [6.07, 6.45) is 0.688. The maximum atomic E-state index is 12.5. The van der Waals surface area contributed by atoms with E-state index in [1.165, 1.54) is 11.3 Å². The number of hydrogen-bond donors (Lipinski definition) is 2. The number of halogens is 3. The molecule has 1 aliphatic heterocycles. The van der Waals surface area contributed by atoms with Gasteiger partial charge in [0.1, 0.15) is 5.69 Å². The normalized spacial score (nSPS) is 15.2. The number of aromatic nitrogens is 1. The average Bonchev–Trinajstić information content (AvgIpc) is 3.13. The van der Waals surface area contributed by atoms with E-state index in [2.05, 4.69) is 15.2 Å². The van der Waals surface area contributed by atoms with Crippen molar-refractivity contribution in [1.82, 2.24) is 15.2 Å². The summed E-state index contributed by atoms with van der Waals surface area (Å²) in [5.41, 5.74) is 7.00. The van der Waals surface area contributed by atoms with Gasteiger partial charge in [0, 0.05) is 36.5 Å². The Balaban J connectivity index is 0.00000196. The monoisotopic (exact) mass is 466 g/mol. The van der Waals surface area contributed by atoms with Crippen molar-refractivity contribution in [3.63, 3.8) is 0 Å². The van der Waals surface area contributed by atoms with Crippen LogP contribution in [0.2, 0.25) is 5.02 Å². The number of carbonyl (C=O) groups is 1. The number of benzene rings is 1. The molecule has 0 aliphatic carbocycles. The summed E-state index contributed by atoms with van der Waals surface area (Å²) in [7, 11) is 0. The van der Waals surface area contributed by atoms with E-state index in [9.17, 15) is 4.79 Å². The zero-order valence-electron chi connectivity index (χ0n) is 15.3. The second-order valence-corrected chi connectivity index (χ2v) is 7.41. The van der Waals surface area contributed by atoms with E-state index in [0.717, 1.165) is 23.7 Å². The molecule has 28 heavy (non-hydrogen) atoms. The van der Waals surface area contributed by atoms with Crippen LogP contribution in [0.1, 0.15) is 27.1 Å². The summed E-state index contributed by atoms with van der Waals surface area (Å²) in [4.78, 5) is 19.1. The molecule has 1 aliphatic rings. The number of rotatable bonds is 7. The molecule has 1 atom stereocenters. The fraction of sp³-hybridized carbons (Fsp3) is 0.444. The molecule has 156 valence electrons. The Kier molecular flexibility index (Phi) is 11.3. The number of hydrogen-bond acceptors (Lipinski definition) is 6. The lowest BCUT2D eigenvalue weighted by atomic mass is 10.0. The topological polar surface area (TPSA) is 80.5 Å². The van der Waals surface area contributed by atoms with E-state index in [1.54, 1.807) is 5.38 Å². The van der Waals surface area contributed by atoms with Crippen LogP contribution in [0.4, 0.5) is 0 Å². The van der Waals surface area contributed by atoms with Gasteiger partial charge >= 0.3 is 0 Å². The molecular weight excluding hydrogens is 443 g/mol. The van der Waals surface area contributed by atoms with Crippen molar-refractivity contribution in [2.24, 2.45) is 5.73 Å². The van der Waals surface area contributed by atoms with Gasteiger partial charge in [-0.25, -0.2) is 4.98 Å². The molecule has 6 nitrogen and oxygen atoms in total. The molecule has 1 saturated heterocycles. The fourth-order valence-electron chi connectivity index (χ4n) is 3.00. The summed E-state index contributed by atoms with van der Waals surface area (Å²) in [6, 6.07) is 7.77. The third-order valence-corrected chi connectivity index (χ3v) is 5.60. The summed E-state index contributed by atoms with van der Waals surface area (Å²) in [5.74, 6) is -0.171. The van der Waals surface area contributed by atoms with E-state index in [1.807, 2.05) is 24.3 Å². The maximum Gasteiger partial charge on any atom is 0.270 e. The molecule has 0 radical (unpaired) electrons. The van der Waals surface area contributed by atoms with E-state index in [0.29, 0.717) is 43.4 Å². The quantitative estimate of drug-likeness (QED) is 0.654. The first-order valence-corrected chi connectivity index (χ1v) is 9.93. The fourth-order valence-corrected chi connectivity index (χ4v) is 4.06. The lowest BCUT2D eigenvalue weighted by Crippen LogP contribution is -2.44. The molecule has 3 N–H and O–H groups in total. The van der Waals surface area contributed by atoms with Gasteiger partial charge in [0.2, 0.25) is 0 Å². The van der Waals surface area contributed by atoms with Crippen LogP contribution in [-0.4, -0.2) is 55.2 Å². The predicted octanol–water partition coefficient (Wildman–Crippen LogP) is 2.94. The molecule has 1 amide bonds. The highest BCUT2D eigenvalue weighted by Gasteiger charge is 2.25. The lowest BCUT2D eigenvalue weighted by molar-refractivity contribution is 0.0162. The number of nitrogens with two attached hydrogens (primary N) is 1. The lowest BCUT2D eigenvalue weighted by Gasteiger charge is -2.35. The molecule has 1 fully saturated rings. The van der Waals surface area contributed by atoms with Crippen molar-refractivity contribution in [1.29, 1.82) is 0 Å². The highest BCUT2D eigenvalue weighted by molar-refractivity contribution is 7.09. The Morgan fingerprint density at radius 2 is 2.04 bits per heavy atom. The van der Waals surface area contributed by atoms with Crippen molar-refractivity contribution in [2.45, 2.75) is 12.5 Å². The van der Waals surface area contributed by atoms with Gasteiger partial charge in [-0.15, -0.1) is 36.2 Å². The Bertz CT molecular complexity index is 741. The number of ether oxygens (including phenoxy) is 1. The largest absolute Gasteiger partial charge is 0.379 e. The summed E-state index contributed by atoms with van der Waals surface area (Å²) < 4.78 is 5.46. The van der Waals surface area contributed by atoms with Gasteiger partial charge in [-0.2, -0.15) is 0 Å². The number of nitrogens with zero attached hydrogens (tertiary/aromatic N) is 2. The standard InChI is InChI=1S/C18H23ClN4O2S.2ClH/c19-14-4-2-1-3-13(14)16(23-7-9-25-10-8-23)11-21-18(24)15-12-26-17(22-15)5-6-20;;/h1-4,12,16H,5-11,20H2,(H,21,24);2*1H. The van der Waals surface area contributed by atoms with E-state index < -0.39 is 0 Å². The third kappa shape index (κ3) is 6.56. The van der Waals surface area contributed by atoms with Crippen molar-refractivity contribution in [3.05, 3.63) is 50.9 Å². The molecule has 0 saturated carbocycles. The van der Waals surface area contributed by atoms with E-state index in [-0.39, 0.29) is 36.8 Å². The molecular formula is C18H25Cl3N4O2S. The molecule has 2 aromatic rings. The molecule has 1 unspecified atom stereocenters.